The second-order valence-electron chi connectivity index (χ2n) is 5.95. The van der Waals surface area contributed by atoms with Crippen molar-refractivity contribution in [3.05, 3.63) is 0 Å². The molecule has 1 aliphatic heterocycles. The van der Waals surface area contributed by atoms with E-state index in [1.54, 1.807) is 4.90 Å². The number of rotatable bonds is 3. The zero-order chi connectivity index (χ0) is 15.6. The Kier molecular flexibility index (Phi) is 4.24. The van der Waals surface area contributed by atoms with E-state index in [2.05, 4.69) is 15.2 Å². The first-order valence-electron chi connectivity index (χ1n) is 7.05. The van der Waals surface area contributed by atoms with E-state index in [9.17, 15) is 9.59 Å². The van der Waals surface area contributed by atoms with Gasteiger partial charge in [0.1, 0.15) is 5.41 Å². The summed E-state index contributed by atoms with van der Waals surface area (Å²) in [5, 5.41) is 14.7. The van der Waals surface area contributed by atoms with Crippen molar-refractivity contribution in [1.82, 2.24) is 10.2 Å². The van der Waals surface area contributed by atoms with Crippen molar-refractivity contribution in [2.75, 3.05) is 20.2 Å². The van der Waals surface area contributed by atoms with Gasteiger partial charge in [-0.2, -0.15) is 0 Å². The van der Waals surface area contributed by atoms with E-state index in [1.807, 2.05) is 6.92 Å². The molecule has 2 amide bonds. The van der Waals surface area contributed by atoms with Crippen molar-refractivity contribution in [3.63, 3.8) is 0 Å². The fourth-order valence-corrected chi connectivity index (χ4v) is 3.31. The largest absolute Gasteiger partial charge is 0.453 e. The number of nitrogens with zero attached hydrogens (tertiary/aromatic N) is 2. The average Bonchev–Trinajstić information content (AvgIpc) is 2.90. The molecule has 4 N–H and O–H groups in total. The number of nitrogens with two attached hydrogens (primary N) is 1. The summed E-state index contributed by atoms with van der Waals surface area (Å²) in [4.78, 5) is 25.6. The summed E-state index contributed by atoms with van der Waals surface area (Å²) in [7, 11) is 1.30. The lowest BCUT2D eigenvalue weighted by Gasteiger charge is -2.45. The SMILES string of the molecule is COC(=O)NC1CCN(C(=O)C2(C(N)=NO)CC(C)C2)C1. The van der Waals surface area contributed by atoms with Gasteiger partial charge in [0.25, 0.3) is 0 Å². The molecule has 1 saturated carbocycles. The van der Waals surface area contributed by atoms with E-state index in [4.69, 9.17) is 10.9 Å². The third kappa shape index (κ3) is 2.74. The van der Waals surface area contributed by atoms with Crippen LogP contribution in [-0.4, -0.2) is 54.2 Å². The van der Waals surface area contributed by atoms with E-state index < -0.39 is 11.5 Å². The summed E-state index contributed by atoms with van der Waals surface area (Å²) in [6, 6.07) is -0.122. The van der Waals surface area contributed by atoms with Gasteiger partial charge in [0.15, 0.2) is 5.84 Å². The third-order valence-corrected chi connectivity index (χ3v) is 4.38. The predicted octanol–water partition coefficient (Wildman–Crippen LogP) is 0.106. The summed E-state index contributed by atoms with van der Waals surface area (Å²) < 4.78 is 4.55. The monoisotopic (exact) mass is 298 g/mol. The van der Waals surface area contributed by atoms with Crippen LogP contribution in [0, 0.1) is 11.3 Å². The minimum atomic E-state index is -0.881. The standard InChI is InChI=1S/C13H22N4O4/c1-8-5-13(6-8,10(14)16-20)11(18)17-4-3-9(7-17)15-12(19)21-2/h8-9,20H,3-7H2,1-2H3,(H2,14,16)(H,15,19). The number of nitrogens with one attached hydrogen (secondary N) is 1. The minimum absolute atomic E-state index is 0.0185. The van der Waals surface area contributed by atoms with E-state index in [1.165, 1.54) is 7.11 Å². The average molecular weight is 298 g/mol. The Hall–Kier alpha value is -1.99. The lowest BCUT2D eigenvalue weighted by Crippen LogP contribution is -2.57. The summed E-state index contributed by atoms with van der Waals surface area (Å²) in [6.45, 7) is 2.99. The van der Waals surface area contributed by atoms with Crippen LogP contribution in [-0.2, 0) is 9.53 Å². The number of alkyl carbamates (subject to hydrolysis) is 1. The predicted molar refractivity (Wildman–Crippen MR) is 74.8 cm³/mol. The topological polar surface area (TPSA) is 117 Å². The Balaban J connectivity index is 2.02. The van der Waals surface area contributed by atoms with Crippen LogP contribution in [0.3, 0.4) is 0 Å². The number of oxime groups is 1. The van der Waals surface area contributed by atoms with E-state index in [0.717, 1.165) is 0 Å². The molecule has 0 aromatic rings. The number of amides is 2. The van der Waals surface area contributed by atoms with Crippen LogP contribution in [0.5, 0.6) is 0 Å². The zero-order valence-electron chi connectivity index (χ0n) is 12.3. The summed E-state index contributed by atoms with van der Waals surface area (Å²) in [5.41, 5.74) is 4.86. The van der Waals surface area contributed by atoms with E-state index in [0.29, 0.717) is 38.3 Å². The Labute approximate surface area is 123 Å². The quantitative estimate of drug-likeness (QED) is 0.296. The van der Waals surface area contributed by atoms with Crippen LogP contribution >= 0.6 is 0 Å². The van der Waals surface area contributed by atoms with Crippen LogP contribution in [0.1, 0.15) is 26.2 Å². The highest BCUT2D eigenvalue weighted by atomic mass is 16.5. The molecule has 8 heteroatoms. The fourth-order valence-electron chi connectivity index (χ4n) is 3.31. The molecule has 1 saturated heterocycles. The van der Waals surface area contributed by atoms with E-state index >= 15 is 0 Å². The molecule has 8 nitrogen and oxygen atoms in total. The van der Waals surface area contributed by atoms with Crippen LogP contribution in [0.25, 0.3) is 0 Å². The van der Waals surface area contributed by atoms with Gasteiger partial charge >= 0.3 is 6.09 Å². The van der Waals surface area contributed by atoms with Gasteiger partial charge in [-0.15, -0.1) is 0 Å². The van der Waals surface area contributed by atoms with E-state index in [-0.39, 0.29) is 17.8 Å². The van der Waals surface area contributed by atoms with Crippen LogP contribution in [0.4, 0.5) is 4.79 Å². The maximum Gasteiger partial charge on any atom is 0.407 e. The number of carbonyl (C=O) groups excluding carboxylic acids is 2. The van der Waals surface area contributed by atoms with Crippen LogP contribution < -0.4 is 11.1 Å². The molecule has 21 heavy (non-hydrogen) atoms. The molecular formula is C13H22N4O4. The molecule has 1 unspecified atom stereocenters. The first-order chi connectivity index (χ1) is 9.92. The second-order valence-corrected chi connectivity index (χ2v) is 5.95. The van der Waals surface area contributed by atoms with Gasteiger partial charge in [-0.3, -0.25) is 4.79 Å². The summed E-state index contributed by atoms with van der Waals surface area (Å²) in [5.74, 6) is 0.237. The molecule has 0 radical (unpaired) electrons. The highest BCUT2D eigenvalue weighted by Gasteiger charge is 2.54. The number of methoxy groups -OCH3 is 1. The highest BCUT2D eigenvalue weighted by molar-refractivity contribution is 6.07. The molecule has 0 aromatic heterocycles. The number of hydrogen-bond donors (Lipinski definition) is 3. The van der Waals surface area contributed by atoms with Gasteiger partial charge in [-0.1, -0.05) is 12.1 Å². The van der Waals surface area contributed by atoms with Gasteiger partial charge < -0.3 is 25.9 Å². The maximum absolute atomic E-state index is 12.7. The van der Waals surface area contributed by atoms with Crippen molar-refractivity contribution >= 4 is 17.8 Å². The van der Waals surface area contributed by atoms with Gasteiger partial charge in [0.05, 0.1) is 13.2 Å². The fraction of sp³-hybridized carbons (Fsp3) is 0.769. The molecule has 1 aliphatic carbocycles. The molecule has 0 bridgehead atoms. The lowest BCUT2D eigenvalue weighted by molar-refractivity contribution is -0.143. The third-order valence-electron chi connectivity index (χ3n) is 4.38. The first kappa shape index (κ1) is 15.4. The number of ether oxygens (including phenoxy) is 1. The summed E-state index contributed by atoms with van der Waals surface area (Å²) in [6.07, 6.45) is 1.35. The Morgan fingerprint density at radius 1 is 1.48 bits per heavy atom. The van der Waals surface area contributed by atoms with Crippen molar-refractivity contribution in [2.24, 2.45) is 22.2 Å². The van der Waals surface area contributed by atoms with Crippen molar-refractivity contribution in [2.45, 2.75) is 32.2 Å². The van der Waals surface area contributed by atoms with Crippen molar-refractivity contribution < 1.29 is 19.5 Å². The summed E-state index contributed by atoms with van der Waals surface area (Å²) >= 11 is 0. The smallest absolute Gasteiger partial charge is 0.407 e. The first-order valence-corrected chi connectivity index (χ1v) is 7.05. The van der Waals surface area contributed by atoms with Crippen molar-refractivity contribution in [1.29, 1.82) is 0 Å². The van der Waals surface area contributed by atoms with Gasteiger partial charge in [-0.25, -0.2) is 4.79 Å². The minimum Gasteiger partial charge on any atom is -0.453 e. The highest BCUT2D eigenvalue weighted by Crippen LogP contribution is 2.47. The normalized spacial score (nSPS) is 32.5. The molecule has 2 fully saturated rings. The number of hydrogen-bond acceptors (Lipinski definition) is 5. The molecule has 118 valence electrons. The molecule has 0 spiro atoms. The van der Waals surface area contributed by atoms with Gasteiger partial charge in [0, 0.05) is 13.1 Å². The Bertz CT molecular complexity index is 459. The van der Waals surface area contributed by atoms with Crippen LogP contribution in [0.2, 0.25) is 0 Å². The number of carbonyl (C=O) groups is 2. The van der Waals surface area contributed by atoms with Crippen LogP contribution in [0.15, 0.2) is 5.16 Å². The molecule has 2 rings (SSSR count). The van der Waals surface area contributed by atoms with Gasteiger partial charge in [-0.05, 0) is 25.2 Å². The molecule has 0 aromatic carbocycles. The lowest BCUT2D eigenvalue weighted by atomic mass is 9.61. The zero-order valence-corrected chi connectivity index (χ0v) is 12.3. The Morgan fingerprint density at radius 3 is 2.67 bits per heavy atom. The molecule has 1 atom stereocenters. The van der Waals surface area contributed by atoms with Gasteiger partial charge in [0.2, 0.25) is 5.91 Å². The Morgan fingerprint density at radius 2 is 2.14 bits per heavy atom. The number of amidine groups is 1. The number of likely N-dealkylation sites (tertiary alicyclic amines) is 1. The van der Waals surface area contributed by atoms with Crippen molar-refractivity contribution in [3.8, 4) is 0 Å². The maximum atomic E-state index is 12.7. The molecular weight excluding hydrogens is 276 g/mol. The second kappa shape index (κ2) is 5.79. The molecule has 1 heterocycles. The molecule has 2 aliphatic rings.